The quantitative estimate of drug-likeness (QED) is 0.769. The van der Waals surface area contributed by atoms with E-state index < -0.39 is 23.9 Å². The van der Waals surface area contributed by atoms with Crippen LogP contribution >= 0.6 is 0 Å². The highest BCUT2D eigenvalue weighted by Gasteiger charge is 2.32. The lowest BCUT2D eigenvalue weighted by molar-refractivity contribution is -0.156. The lowest BCUT2D eigenvalue weighted by Crippen LogP contribution is -2.47. The third-order valence-electron chi connectivity index (χ3n) is 5.79. The van der Waals surface area contributed by atoms with Crippen LogP contribution in [0.2, 0.25) is 0 Å². The number of carboxylic acid groups (broad SMARTS) is 1. The Morgan fingerprint density at radius 1 is 1.14 bits per heavy atom. The second kappa shape index (κ2) is 10.2. The molecule has 2 heterocycles. The monoisotopic (exact) mass is 407 g/mol. The van der Waals surface area contributed by atoms with Gasteiger partial charge in [-0.3, -0.25) is 4.90 Å². The van der Waals surface area contributed by atoms with Gasteiger partial charge in [-0.2, -0.15) is 0 Å². The van der Waals surface area contributed by atoms with Gasteiger partial charge in [-0.15, -0.1) is 0 Å². The van der Waals surface area contributed by atoms with E-state index in [1.165, 1.54) is 32.4 Å². The average molecular weight is 407 g/mol. The van der Waals surface area contributed by atoms with E-state index in [0.29, 0.717) is 13.0 Å². The first-order valence-electron chi connectivity index (χ1n) is 10.5. The number of piperidine rings is 1. The number of carbonyl (C=O) groups is 2. The predicted molar refractivity (Wildman–Crippen MR) is 106 cm³/mol. The number of ether oxygens (including phenoxy) is 2. The fourth-order valence-corrected chi connectivity index (χ4v) is 3.88. The normalized spacial score (nSPS) is 24.9. The van der Waals surface area contributed by atoms with E-state index in [4.69, 9.17) is 9.84 Å². The first kappa shape index (κ1) is 21.7. The Bertz CT molecular complexity index is 704. The lowest BCUT2D eigenvalue weighted by atomic mass is 9.87. The summed E-state index contributed by atoms with van der Waals surface area (Å²) in [4.78, 5) is 25.0. The summed E-state index contributed by atoms with van der Waals surface area (Å²) in [7, 11) is 1.24. The number of hydrogen-bond acceptors (Lipinski definition) is 5. The molecule has 7 heteroatoms. The van der Waals surface area contributed by atoms with E-state index in [9.17, 15) is 14.0 Å². The minimum Gasteiger partial charge on any atom is -0.479 e. The predicted octanol–water partition coefficient (Wildman–Crippen LogP) is 3.59. The number of rotatable bonds is 4. The molecular formula is C22H30FNO5. The maximum absolute atomic E-state index is 13.8. The molecular weight excluding hydrogens is 377 g/mol. The molecule has 4 rings (SSSR count). The van der Waals surface area contributed by atoms with Crippen LogP contribution in [-0.4, -0.2) is 60.9 Å². The van der Waals surface area contributed by atoms with Crippen LogP contribution < -0.4 is 0 Å². The Morgan fingerprint density at radius 3 is 2.34 bits per heavy atom. The highest BCUT2D eigenvalue weighted by Crippen LogP contribution is 2.31. The number of methoxy groups -OCH3 is 1. The van der Waals surface area contributed by atoms with E-state index in [-0.39, 0.29) is 17.5 Å². The zero-order chi connectivity index (χ0) is 20.8. The minimum atomic E-state index is -0.889. The van der Waals surface area contributed by atoms with Crippen LogP contribution in [0.5, 0.6) is 0 Å². The van der Waals surface area contributed by atoms with Crippen molar-refractivity contribution in [3.8, 4) is 0 Å². The summed E-state index contributed by atoms with van der Waals surface area (Å²) in [5.74, 6) is -1.84. The van der Waals surface area contributed by atoms with E-state index in [0.717, 1.165) is 37.9 Å². The molecule has 0 amide bonds. The number of benzene rings is 1. The van der Waals surface area contributed by atoms with Crippen molar-refractivity contribution in [2.45, 2.75) is 63.0 Å². The van der Waals surface area contributed by atoms with E-state index in [1.807, 2.05) is 0 Å². The molecule has 1 aliphatic carbocycles. The maximum atomic E-state index is 13.8. The van der Waals surface area contributed by atoms with Crippen molar-refractivity contribution in [2.24, 2.45) is 0 Å². The van der Waals surface area contributed by atoms with Gasteiger partial charge in [0.25, 0.3) is 0 Å². The third kappa shape index (κ3) is 6.00. The Hall–Kier alpha value is -1.99. The molecule has 6 nitrogen and oxygen atoms in total. The van der Waals surface area contributed by atoms with E-state index in [2.05, 4.69) is 9.64 Å². The molecule has 0 bridgehead atoms. The average Bonchev–Trinajstić information content (AvgIpc) is 3.63. The Balaban J connectivity index is 0.000000732. The Morgan fingerprint density at radius 2 is 1.83 bits per heavy atom. The Kier molecular flexibility index (Phi) is 7.61. The molecule has 2 unspecified atom stereocenters. The molecule has 160 valence electrons. The van der Waals surface area contributed by atoms with Gasteiger partial charge in [0.1, 0.15) is 5.82 Å². The number of aliphatic carboxylic acids is 1. The van der Waals surface area contributed by atoms with Gasteiger partial charge in [0.15, 0.2) is 6.10 Å². The summed E-state index contributed by atoms with van der Waals surface area (Å²) in [6.07, 6.45) is 7.00. The summed E-state index contributed by atoms with van der Waals surface area (Å²) in [5, 5.41) is 9.00. The van der Waals surface area contributed by atoms with Crippen LogP contribution in [0.1, 0.15) is 66.8 Å². The van der Waals surface area contributed by atoms with Gasteiger partial charge in [-0.25, -0.2) is 14.0 Å². The molecule has 0 aromatic heterocycles. The number of halogens is 1. The van der Waals surface area contributed by atoms with Gasteiger partial charge < -0.3 is 14.6 Å². The zero-order valence-corrected chi connectivity index (χ0v) is 16.9. The van der Waals surface area contributed by atoms with E-state index in [1.54, 1.807) is 12.1 Å². The summed E-state index contributed by atoms with van der Waals surface area (Å²) >= 11 is 0. The first-order chi connectivity index (χ1) is 14.0. The SMILES string of the molecule is C1CC1.COC(=O)c1cc(C2CCN(C3CCC(C(=O)O)OC3)CC2)ccc1F. The summed E-state index contributed by atoms with van der Waals surface area (Å²) in [6, 6.07) is 4.92. The number of esters is 1. The molecule has 1 saturated carbocycles. The van der Waals surface area contributed by atoms with Gasteiger partial charge in [0.05, 0.1) is 19.3 Å². The number of carboxylic acids is 1. The summed E-state index contributed by atoms with van der Waals surface area (Å²) in [5.41, 5.74) is 0.935. The maximum Gasteiger partial charge on any atom is 0.340 e. The topological polar surface area (TPSA) is 76.1 Å². The largest absolute Gasteiger partial charge is 0.479 e. The number of likely N-dealkylation sites (tertiary alicyclic amines) is 1. The number of carbonyl (C=O) groups excluding carboxylic acids is 1. The van der Waals surface area contributed by atoms with Gasteiger partial charge >= 0.3 is 11.9 Å². The number of nitrogens with zero attached hydrogens (tertiary/aromatic N) is 1. The molecule has 2 saturated heterocycles. The summed E-state index contributed by atoms with van der Waals surface area (Å²) < 4.78 is 23.9. The molecule has 29 heavy (non-hydrogen) atoms. The fraction of sp³-hybridized carbons (Fsp3) is 0.636. The van der Waals surface area contributed by atoms with Crippen molar-refractivity contribution in [1.82, 2.24) is 4.90 Å². The van der Waals surface area contributed by atoms with Crippen LogP contribution in [0.4, 0.5) is 4.39 Å². The van der Waals surface area contributed by atoms with Gasteiger partial charge in [0, 0.05) is 6.04 Å². The van der Waals surface area contributed by atoms with Crippen molar-refractivity contribution in [1.29, 1.82) is 0 Å². The van der Waals surface area contributed by atoms with Gasteiger partial charge in [-0.05, 0) is 62.4 Å². The van der Waals surface area contributed by atoms with Crippen molar-refractivity contribution in [2.75, 3.05) is 26.8 Å². The molecule has 0 radical (unpaired) electrons. The fourth-order valence-electron chi connectivity index (χ4n) is 3.88. The zero-order valence-electron chi connectivity index (χ0n) is 16.9. The van der Waals surface area contributed by atoms with Crippen LogP contribution in [-0.2, 0) is 14.3 Å². The van der Waals surface area contributed by atoms with Crippen LogP contribution in [0.15, 0.2) is 18.2 Å². The lowest BCUT2D eigenvalue weighted by Gasteiger charge is -2.40. The van der Waals surface area contributed by atoms with Crippen molar-refractivity contribution < 1.29 is 28.6 Å². The Labute approximate surface area is 171 Å². The minimum absolute atomic E-state index is 0.0205. The molecule has 1 aromatic carbocycles. The number of hydrogen-bond donors (Lipinski definition) is 1. The van der Waals surface area contributed by atoms with Crippen molar-refractivity contribution >= 4 is 11.9 Å². The standard InChI is InChI=1S/C19H24FNO5.C3H6/c1-25-19(24)15-10-13(2-4-16(15)20)12-6-8-21(9-7-12)14-3-5-17(18(22)23)26-11-14;1-2-3-1/h2,4,10,12,14,17H,3,5-9,11H2,1H3,(H,22,23);1-3H2. The first-order valence-corrected chi connectivity index (χ1v) is 10.5. The molecule has 0 spiro atoms. The molecule has 3 aliphatic rings. The van der Waals surface area contributed by atoms with Crippen molar-refractivity contribution in [3.63, 3.8) is 0 Å². The molecule has 2 atom stereocenters. The van der Waals surface area contributed by atoms with E-state index >= 15 is 0 Å². The highest BCUT2D eigenvalue weighted by molar-refractivity contribution is 5.89. The second-order valence-corrected chi connectivity index (χ2v) is 7.99. The summed E-state index contributed by atoms with van der Waals surface area (Å²) in [6.45, 7) is 2.20. The molecule has 2 aliphatic heterocycles. The third-order valence-corrected chi connectivity index (χ3v) is 5.79. The van der Waals surface area contributed by atoms with Gasteiger partial charge in [-0.1, -0.05) is 25.3 Å². The smallest absolute Gasteiger partial charge is 0.340 e. The molecule has 3 fully saturated rings. The van der Waals surface area contributed by atoms with Crippen LogP contribution in [0, 0.1) is 5.82 Å². The molecule has 1 N–H and O–H groups in total. The highest BCUT2D eigenvalue weighted by atomic mass is 19.1. The van der Waals surface area contributed by atoms with Gasteiger partial charge in [0.2, 0.25) is 0 Å². The molecule has 1 aromatic rings. The van der Waals surface area contributed by atoms with Crippen molar-refractivity contribution in [3.05, 3.63) is 35.1 Å². The van der Waals surface area contributed by atoms with Crippen LogP contribution in [0.25, 0.3) is 0 Å². The van der Waals surface area contributed by atoms with Crippen LogP contribution in [0.3, 0.4) is 0 Å². The second-order valence-electron chi connectivity index (χ2n) is 7.99.